The van der Waals surface area contributed by atoms with Crippen molar-refractivity contribution in [3.05, 3.63) is 38.8 Å². The van der Waals surface area contributed by atoms with Crippen LogP contribution in [0.25, 0.3) is 0 Å². The van der Waals surface area contributed by atoms with Gasteiger partial charge in [0.1, 0.15) is 6.61 Å². The number of nitrogens with one attached hydrogen (secondary N) is 1. The van der Waals surface area contributed by atoms with Gasteiger partial charge in [-0.15, -0.1) is 11.3 Å². The largest absolute Gasteiger partial charge is 0.486 e. The Kier molecular flexibility index (Phi) is 4.68. The molecule has 1 aromatic heterocycles. The number of nitrogens with zero attached hydrogens (tertiary/aromatic N) is 1. The van der Waals surface area contributed by atoms with E-state index in [1.807, 2.05) is 31.2 Å². The fraction of sp³-hybridized carbons (Fsp3) is 0.375. The fourth-order valence-electron chi connectivity index (χ4n) is 2.44. The van der Waals surface area contributed by atoms with E-state index in [1.54, 1.807) is 11.9 Å². The van der Waals surface area contributed by atoms with E-state index in [2.05, 4.69) is 4.98 Å². The van der Waals surface area contributed by atoms with Crippen molar-refractivity contribution >= 4 is 29.5 Å². The van der Waals surface area contributed by atoms with Gasteiger partial charge in [0, 0.05) is 17.6 Å². The van der Waals surface area contributed by atoms with E-state index in [4.69, 9.17) is 21.7 Å². The first-order valence-corrected chi connectivity index (χ1v) is 8.56. The summed E-state index contributed by atoms with van der Waals surface area (Å²) >= 11 is 6.56. The number of likely N-dealkylation sites (N-methyl/N-ethyl adjacent to an activating group) is 1. The number of para-hydroxylation sites is 2. The van der Waals surface area contributed by atoms with Gasteiger partial charge in [-0.1, -0.05) is 12.1 Å². The number of amides is 1. The third kappa shape index (κ3) is 3.73. The second-order valence-corrected chi connectivity index (χ2v) is 7.28. The van der Waals surface area contributed by atoms with Gasteiger partial charge in [0.25, 0.3) is 0 Å². The molecule has 0 unspecified atom stereocenters. The van der Waals surface area contributed by atoms with Crippen molar-refractivity contribution in [2.24, 2.45) is 0 Å². The molecule has 3 rings (SSSR count). The Morgan fingerprint density at radius 1 is 1.43 bits per heavy atom. The molecular weight excluding hydrogens is 332 g/mol. The van der Waals surface area contributed by atoms with E-state index < -0.39 is 0 Å². The lowest BCUT2D eigenvalue weighted by Crippen LogP contribution is -2.42. The summed E-state index contributed by atoms with van der Waals surface area (Å²) in [7, 11) is 1.79. The number of rotatable bonds is 4. The van der Waals surface area contributed by atoms with E-state index in [9.17, 15) is 4.79 Å². The molecule has 0 fully saturated rings. The highest BCUT2D eigenvalue weighted by Gasteiger charge is 2.24. The third-order valence-electron chi connectivity index (χ3n) is 3.71. The molecule has 7 heteroatoms. The molecule has 0 bridgehead atoms. The number of thiazole rings is 1. The molecule has 1 aliphatic rings. The van der Waals surface area contributed by atoms with Crippen molar-refractivity contribution in [1.29, 1.82) is 0 Å². The number of fused-ring (bicyclic) bond motifs is 1. The van der Waals surface area contributed by atoms with Crippen molar-refractivity contribution in [3.63, 3.8) is 0 Å². The number of ether oxygens (including phenoxy) is 2. The van der Waals surface area contributed by atoms with Crippen LogP contribution >= 0.6 is 23.6 Å². The Morgan fingerprint density at radius 2 is 2.17 bits per heavy atom. The summed E-state index contributed by atoms with van der Waals surface area (Å²) in [5.74, 6) is 1.52. The molecule has 122 valence electrons. The van der Waals surface area contributed by atoms with Gasteiger partial charge in [-0.05, 0) is 31.3 Å². The van der Waals surface area contributed by atoms with Crippen LogP contribution in [-0.4, -0.2) is 42.1 Å². The average molecular weight is 350 g/mol. The highest BCUT2D eigenvalue weighted by molar-refractivity contribution is 7.73. The molecule has 0 saturated carbocycles. The van der Waals surface area contributed by atoms with Gasteiger partial charge in [0.15, 0.2) is 21.6 Å². The Labute approximate surface area is 143 Å². The Morgan fingerprint density at radius 3 is 2.87 bits per heavy atom. The summed E-state index contributed by atoms with van der Waals surface area (Å²) in [5, 5.41) is 0. The molecule has 2 aromatic rings. The van der Waals surface area contributed by atoms with Gasteiger partial charge in [-0.2, -0.15) is 0 Å². The molecule has 0 saturated heterocycles. The standard InChI is InChI=1S/C16H18N2O3S2/c1-10-14(23-16(22)17-10)7-15(19)18(2)8-11-9-20-12-5-3-4-6-13(12)21-11/h3-6,11H,7-9H2,1-2H3,(H,17,22)/t11-/m1/s1. The van der Waals surface area contributed by atoms with Crippen LogP contribution in [-0.2, 0) is 11.2 Å². The number of aromatic amines is 1. The van der Waals surface area contributed by atoms with Crippen molar-refractivity contribution in [3.8, 4) is 11.5 Å². The zero-order valence-corrected chi connectivity index (χ0v) is 14.6. The first-order valence-electron chi connectivity index (χ1n) is 7.34. The fourth-order valence-corrected chi connectivity index (χ4v) is 3.72. The quantitative estimate of drug-likeness (QED) is 0.862. The monoisotopic (exact) mass is 350 g/mol. The molecule has 1 amide bonds. The molecule has 1 atom stereocenters. The summed E-state index contributed by atoms with van der Waals surface area (Å²) in [5.41, 5.74) is 0.966. The highest BCUT2D eigenvalue weighted by atomic mass is 32.1. The number of carbonyl (C=O) groups is 1. The summed E-state index contributed by atoms with van der Waals surface area (Å²) < 4.78 is 12.3. The number of hydrogen-bond acceptors (Lipinski definition) is 5. The highest BCUT2D eigenvalue weighted by Crippen LogP contribution is 2.31. The summed E-state index contributed by atoms with van der Waals surface area (Å²) in [6.45, 7) is 2.86. The van der Waals surface area contributed by atoms with Crippen molar-refractivity contribution in [2.45, 2.75) is 19.4 Å². The average Bonchev–Trinajstić information content (AvgIpc) is 2.84. The number of aromatic nitrogens is 1. The van der Waals surface area contributed by atoms with Gasteiger partial charge >= 0.3 is 0 Å². The SMILES string of the molecule is Cc1[nH]c(=S)sc1CC(=O)N(C)C[C@@H]1COc2ccccc2O1. The normalized spacial score (nSPS) is 16.2. The van der Waals surface area contributed by atoms with Crippen molar-refractivity contribution in [2.75, 3.05) is 20.2 Å². The number of carbonyl (C=O) groups excluding carboxylic acids is 1. The van der Waals surface area contributed by atoms with Crippen molar-refractivity contribution in [1.82, 2.24) is 9.88 Å². The minimum Gasteiger partial charge on any atom is -0.486 e. The first-order chi connectivity index (χ1) is 11.0. The molecular formula is C16H18N2O3S2. The molecule has 2 heterocycles. The van der Waals surface area contributed by atoms with Crippen LogP contribution in [0.3, 0.4) is 0 Å². The molecule has 5 nitrogen and oxygen atoms in total. The van der Waals surface area contributed by atoms with Gasteiger partial charge in [0.2, 0.25) is 5.91 Å². The van der Waals surface area contributed by atoms with Crippen LogP contribution in [0, 0.1) is 10.9 Å². The predicted octanol–water partition coefficient (Wildman–Crippen LogP) is 2.96. The second kappa shape index (κ2) is 6.72. The van der Waals surface area contributed by atoms with E-state index in [-0.39, 0.29) is 12.0 Å². The summed E-state index contributed by atoms with van der Waals surface area (Å²) in [6, 6.07) is 7.57. The Hall–Kier alpha value is -1.86. The van der Waals surface area contributed by atoms with Gasteiger partial charge in [-0.3, -0.25) is 4.79 Å². The zero-order valence-electron chi connectivity index (χ0n) is 13.0. The van der Waals surface area contributed by atoms with Crippen LogP contribution in [0.4, 0.5) is 0 Å². The lowest BCUT2D eigenvalue weighted by Gasteiger charge is -2.29. The molecule has 1 aromatic carbocycles. The Balaban J connectivity index is 1.59. The molecule has 23 heavy (non-hydrogen) atoms. The maximum Gasteiger partial charge on any atom is 0.227 e. The van der Waals surface area contributed by atoms with Gasteiger partial charge in [-0.25, -0.2) is 0 Å². The lowest BCUT2D eigenvalue weighted by molar-refractivity contribution is -0.130. The predicted molar refractivity (Wildman–Crippen MR) is 91.9 cm³/mol. The lowest BCUT2D eigenvalue weighted by atomic mass is 10.2. The topological polar surface area (TPSA) is 54.6 Å². The van der Waals surface area contributed by atoms with E-state index in [1.165, 1.54) is 11.3 Å². The molecule has 0 spiro atoms. The van der Waals surface area contributed by atoms with Crippen LogP contribution < -0.4 is 9.47 Å². The van der Waals surface area contributed by atoms with Gasteiger partial charge < -0.3 is 19.4 Å². The number of aryl methyl sites for hydroxylation is 1. The minimum atomic E-state index is -0.163. The number of hydrogen-bond donors (Lipinski definition) is 1. The third-order valence-corrected chi connectivity index (χ3v) is 5.04. The molecule has 0 aliphatic carbocycles. The van der Waals surface area contributed by atoms with Crippen LogP contribution in [0.15, 0.2) is 24.3 Å². The van der Waals surface area contributed by atoms with Crippen LogP contribution in [0.1, 0.15) is 10.6 Å². The summed E-state index contributed by atoms with van der Waals surface area (Å²) in [4.78, 5) is 18.1. The minimum absolute atomic E-state index is 0.0424. The van der Waals surface area contributed by atoms with E-state index in [0.29, 0.717) is 23.5 Å². The van der Waals surface area contributed by atoms with Crippen LogP contribution in [0.5, 0.6) is 11.5 Å². The maximum atomic E-state index is 12.4. The molecule has 0 radical (unpaired) electrons. The van der Waals surface area contributed by atoms with Crippen molar-refractivity contribution < 1.29 is 14.3 Å². The van der Waals surface area contributed by atoms with E-state index in [0.717, 1.165) is 22.1 Å². The maximum absolute atomic E-state index is 12.4. The van der Waals surface area contributed by atoms with Crippen LogP contribution in [0.2, 0.25) is 0 Å². The number of H-pyrrole nitrogens is 1. The molecule has 1 N–H and O–H groups in total. The van der Waals surface area contributed by atoms with Gasteiger partial charge in [0.05, 0.1) is 13.0 Å². The number of benzene rings is 1. The second-order valence-electron chi connectivity index (χ2n) is 5.51. The summed E-state index contributed by atoms with van der Waals surface area (Å²) in [6.07, 6.45) is 0.189. The smallest absolute Gasteiger partial charge is 0.227 e. The Bertz CT molecular complexity index is 769. The molecule has 1 aliphatic heterocycles. The van der Waals surface area contributed by atoms with E-state index >= 15 is 0 Å². The first kappa shape index (κ1) is 16.0. The zero-order chi connectivity index (χ0) is 16.4.